The topological polar surface area (TPSA) is 80.3 Å². The number of carbonyl (C=O) groups excluding carboxylic acids is 2. The SMILES string of the molecule is CCOc1ccccc1C(=O)NCC(=O)Nc1nc(-c2ccc(F)cc2)c(C)s1. The number of aromatic nitrogens is 1. The molecule has 0 saturated heterocycles. The number of carbonyl (C=O) groups is 2. The number of aryl methyl sites for hydroxylation is 1. The monoisotopic (exact) mass is 413 g/mol. The number of hydrogen-bond acceptors (Lipinski definition) is 5. The van der Waals surface area contributed by atoms with Gasteiger partial charge in [0, 0.05) is 10.4 Å². The zero-order chi connectivity index (χ0) is 20.8. The zero-order valence-electron chi connectivity index (χ0n) is 16.0. The second kappa shape index (κ2) is 9.29. The first-order valence-corrected chi connectivity index (χ1v) is 9.82. The lowest BCUT2D eigenvalue weighted by Crippen LogP contribution is -2.33. The molecule has 0 bridgehead atoms. The molecule has 6 nitrogen and oxygen atoms in total. The van der Waals surface area contributed by atoms with Crippen LogP contribution in [-0.4, -0.2) is 29.9 Å². The molecule has 0 fully saturated rings. The summed E-state index contributed by atoms with van der Waals surface area (Å²) in [6.45, 7) is 3.94. The fourth-order valence-electron chi connectivity index (χ4n) is 2.68. The molecule has 0 spiro atoms. The lowest BCUT2D eigenvalue weighted by atomic mass is 10.1. The standard InChI is InChI=1S/C21H20FN3O3S/c1-3-28-17-7-5-4-6-16(17)20(27)23-12-18(26)24-21-25-19(13(2)29-21)14-8-10-15(22)11-9-14/h4-11H,3,12H2,1-2H3,(H,23,27)(H,24,25,26). The summed E-state index contributed by atoms with van der Waals surface area (Å²) in [4.78, 5) is 29.9. The van der Waals surface area contributed by atoms with Crippen LogP contribution in [0.5, 0.6) is 5.75 Å². The van der Waals surface area contributed by atoms with Crippen molar-refractivity contribution in [3.63, 3.8) is 0 Å². The van der Waals surface area contributed by atoms with E-state index < -0.39 is 11.8 Å². The van der Waals surface area contributed by atoms with Crippen LogP contribution in [0.15, 0.2) is 48.5 Å². The van der Waals surface area contributed by atoms with Crippen LogP contribution in [-0.2, 0) is 4.79 Å². The van der Waals surface area contributed by atoms with Crippen molar-refractivity contribution >= 4 is 28.3 Å². The Morgan fingerprint density at radius 1 is 1.14 bits per heavy atom. The Morgan fingerprint density at radius 3 is 2.59 bits per heavy atom. The fourth-order valence-corrected chi connectivity index (χ4v) is 3.53. The van der Waals surface area contributed by atoms with E-state index in [0.717, 1.165) is 10.4 Å². The highest BCUT2D eigenvalue weighted by molar-refractivity contribution is 7.16. The largest absolute Gasteiger partial charge is 0.493 e. The zero-order valence-corrected chi connectivity index (χ0v) is 16.8. The Morgan fingerprint density at radius 2 is 1.86 bits per heavy atom. The third-order valence-corrected chi connectivity index (χ3v) is 4.89. The summed E-state index contributed by atoms with van der Waals surface area (Å²) in [7, 11) is 0. The lowest BCUT2D eigenvalue weighted by Gasteiger charge is -2.10. The van der Waals surface area contributed by atoms with Crippen molar-refractivity contribution in [3.8, 4) is 17.0 Å². The first kappa shape index (κ1) is 20.5. The molecular weight excluding hydrogens is 393 g/mol. The van der Waals surface area contributed by atoms with Gasteiger partial charge in [-0.1, -0.05) is 12.1 Å². The highest BCUT2D eigenvalue weighted by atomic mass is 32.1. The average Bonchev–Trinajstić information content (AvgIpc) is 3.07. The summed E-state index contributed by atoms with van der Waals surface area (Å²) in [6, 6.07) is 12.8. The number of ether oxygens (including phenoxy) is 1. The number of halogens is 1. The minimum absolute atomic E-state index is 0.205. The van der Waals surface area contributed by atoms with Crippen molar-refractivity contribution in [2.75, 3.05) is 18.5 Å². The molecule has 0 aliphatic heterocycles. The van der Waals surface area contributed by atoms with E-state index in [1.165, 1.54) is 23.5 Å². The molecule has 0 atom stereocenters. The van der Waals surface area contributed by atoms with Crippen molar-refractivity contribution in [1.82, 2.24) is 10.3 Å². The first-order chi connectivity index (χ1) is 14.0. The number of thiazole rings is 1. The summed E-state index contributed by atoms with van der Waals surface area (Å²) in [5.74, 6) is -0.651. The number of nitrogens with zero attached hydrogens (tertiary/aromatic N) is 1. The third-order valence-electron chi connectivity index (χ3n) is 4.00. The minimum atomic E-state index is -0.397. The maximum atomic E-state index is 13.1. The molecule has 3 aromatic rings. The maximum absolute atomic E-state index is 13.1. The normalized spacial score (nSPS) is 10.4. The van der Waals surface area contributed by atoms with Crippen molar-refractivity contribution in [1.29, 1.82) is 0 Å². The molecule has 0 aliphatic carbocycles. The van der Waals surface area contributed by atoms with Gasteiger partial charge in [-0.2, -0.15) is 0 Å². The van der Waals surface area contributed by atoms with E-state index in [9.17, 15) is 14.0 Å². The Kier molecular flexibility index (Phi) is 6.56. The molecule has 2 aromatic carbocycles. The van der Waals surface area contributed by atoms with Crippen LogP contribution in [0.4, 0.5) is 9.52 Å². The van der Waals surface area contributed by atoms with Crippen molar-refractivity contribution in [2.45, 2.75) is 13.8 Å². The molecule has 0 saturated carbocycles. The van der Waals surface area contributed by atoms with Gasteiger partial charge in [0.1, 0.15) is 11.6 Å². The van der Waals surface area contributed by atoms with Gasteiger partial charge in [-0.25, -0.2) is 9.37 Å². The Balaban J connectivity index is 1.61. The minimum Gasteiger partial charge on any atom is -0.493 e. The van der Waals surface area contributed by atoms with Gasteiger partial charge in [-0.3, -0.25) is 9.59 Å². The quantitative estimate of drug-likeness (QED) is 0.613. The number of para-hydroxylation sites is 1. The number of amides is 2. The Hall–Kier alpha value is -3.26. The summed E-state index contributed by atoms with van der Waals surface area (Å²) < 4.78 is 18.5. The number of nitrogens with one attached hydrogen (secondary N) is 2. The summed E-state index contributed by atoms with van der Waals surface area (Å²) in [5.41, 5.74) is 1.81. The van der Waals surface area contributed by atoms with Crippen LogP contribution in [0.25, 0.3) is 11.3 Å². The molecule has 0 radical (unpaired) electrons. The van der Waals surface area contributed by atoms with Crippen molar-refractivity contribution in [3.05, 3.63) is 64.8 Å². The molecule has 3 rings (SSSR count). The second-order valence-corrected chi connectivity index (χ2v) is 7.29. The van der Waals surface area contributed by atoms with E-state index in [1.54, 1.807) is 36.4 Å². The lowest BCUT2D eigenvalue weighted by molar-refractivity contribution is -0.115. The number of rotatable bonds is 7. The molecular formula is C21H20FN3O3S. The maximum Gasteiger partial charge on any atom is 0.255 e. The molecule has 1 heterocycles. The third kappa shape index (κ3) is 5.17. The predicted octanol–water partition coefficient (Wildman–Crippen LogP) is 4.02. The predicted molar refractivity (Wildman–Crippen MR) is 111 cm³/mol. The second-order valence-electron chi connectivity index (χ2n) is 6.09. The van der Waals surface area contributed by atoms with Gasteiger partial charge < -0.3 is 15.4 Å². The molecule has 0 aliphatic rings. The fraction of sp³-hybridized carbons (Fsp3) is 0.190. The van der Waals surface area contributed by atoms with Crippen LogP contribution in [0, 0.1) is 12.7 Å². The van der Waals surface area contributed by atoms with E-state index >= 15 is 0 Å². The average molecular weight is 413 g/mol. The van der Waals surface area contributed by atoms with Crippen molar-refractivity contribution in [2.24, 2.45) is 0 Å². The van der Waals surface area contributed by atoms with Gasteiger partial charge in [-0.15, -0.1) is 11.3 Å². The number of hydrogen-bond donors (Lipinski definition) is 2. The summed E-state index contributed by atoms with van der Waals surface area (Å²) in [5, 5.41) is 5.67. The number of benzene rings is 2. The van der Waals surface area contributed by atoms with Crippen molar-refractivity contribution < 1.29 is 18.7 Å². The van der Waals surface area contributed by atoms with Gasteiger partial charge >= 0.3 is 0 Å². The van der Waals surface area contributed by atoms with Crippen LogP contribution in [0.2, 0.25) is 0 Å². The number of anilines is 1. The molecule has 2 amide bonds. The van der Waals surface area contributed by atoms with Crippen LogP contribution >= 0.6 is 11.3 Å². The summed E-state index contributed by atoms with van der Waals surface area (Å²) in [6.07, 6.45) is 0. The Labute approximate surface area is 171 Å². The summed E-state index contributed by atoms with van der Waals surface area (Å²) >= 11 is 1.31. The highest BCUT2D eigenvalue weighted by Crippen LogP contribution is 2.30. The van der Waals surface area contributed by atoms with E-state index in [4.69, 9.17) is 4.74 Å². The van der Waals surface area contributed by atoms with Crippen LogP contribution in [0.1, 0.15) is 22.2 Å². The van der Waals surface area contributed by atoms with E-state index in [0.29, 0.717) is 28.7 Å². The van der Waals surface area contributed by atoms with E-state index in [-0.39, 0.29) is 12.4 Å². The molecule has 1 aromatic heterocycles. The molecule has 2 N–H and O–H groups in total. The molecule has 150 valence electrons. The Bertz CT molecular complexity index is 1020. The van der Waals surface area contributed by atoms with Gasteiger partial charge in [0.2, 0.25) is 5.91 Å². The van der Waals surface area contributed by atoms with Gasteiger partial charge in [0.15, 0.2) is 5.13 Å². The van der Waals surface area contributed by atoms with E-state index in [2.05, 4.69) is 15.6 Å². The van der Waals surface area contributed by atoms with Crippen LogP contribution in [0.3, 0.4) is 0 Å². The highest BCUT2D eigenvalue weighted by Gasteiger charge is 2.15. The molecule has 0 unspecified atom stereocenters. The van der Waals surface area contributed by atoms with Gasteiger partial charge in [-0.05, 0) is 50.2 Å². The smallest absolute Gasteiger partial charge is 0.255 e. The van der Waals surface area contributed by atoms with E-state index in [1.807, 2.05) is 13.8 Å². The van der Waals surface area contributed by atoms with Gasteiger partial charge in [0.05, 0.1) is 24.4 Å². The first-order valence-electron chi connectivity index (χ1n) is 9.01. The molecule has 29 heavy (non-hydrogen) atoms. The van der Waals surface area contributed by atoms with Crippen LogP contribution < -0.4 is 15.4 Å². The molecule has 8 heteroatoms. The van der Waals surface area contributed by atoms with Gasteiger partial charge in [0.25, 0.3) is 5.91 Å².